The van der Waals surface area contributed by atoms with Crippen molar-refractivity contribution < 1.29 is 9.59 Å². The number of benzene rings is 5. The monoisotopic (exact) mass is 857 g/mol. The first-order valence-corrected chi connectivity index (χ1v) is 22.9. The zero-order valence-corrected chi connectivity index (χ0v) is 38.5. The summed E-state index contributed by atoms with van der Waals surface area (Å²) < 4.78 is 2.23. The number of hydrogen-bond donors (Lipinski definition) is 0. The van der Waals surface area contributed by atoms with E-state index in [2.05, 4.69) is 180 Å². The molecular weight excluding hydrogens is 807 g/mol. The molecular formula is C53H51N3O2S3. The Balaban J connectivity index is 1.09. The molecule has 2 aromatic heterocycles. The first kappa shape index (κ1) is 42.0. The number of likely N-dealkylation sites (N-methyl/N-ethyl adjacent to an activating group) is 2. The van der Waals surface area contributed by atoms with Crippen LogP contribution in [0.1, 0.15) is 71.4 Å². The van der Waals surface area contributed by atoms with Crippen LogP contribution in [0.3, 0.4) is 0 Å². The van der Waals surface area contributed by atoms with Crippen molar-refractivity contribution in [2.75, 3.05) is 18.0 Å². The van der Waals surface area contributed by atoms with Crippen molar-refractivity contribution in [3.05, 3.63) is 155 Å². The van der Waals surface area contributed by atoms with E-state index in [0.717, 1.165) is 41.8 Å². The average Bonchev–Trinajstić information content (AvgIpc) is 3.83. The molecule has 1 fully saturated rings. The zero-order valence-electron chi connectivity index (χ0n) is 36.1. The number of thiophene rings is 2. The van der Waals surface area contributed by atoms with Gasteiger partial charge in [0.05, 0.1) is 0 Å². The number of hydrogen-bond acceptors (Lipinski definition) is 6. The first-order chi connectivity index (χ1) is 29.1. The molecule has 0 unspecified atom stereocenters. The summed E-state index contributed by atoms with van der Waals surface area (Å²) in [4.78, 5) is 33.8. The molecule has 2 amide bonds. The second-order valence-electron chi connectivity index (χ2n) is 17.6. The van der Waals surface area contributed by atoms with E-state index in [4.69, 9.17) is 12.2 Å². The van der Waals surface area contributed by atoms with E-state index in [1.165, 1.54) is 43.2 Å². The van der Waals surface area contributed by atoms with Gasteiger partial charge < -0.3 is 4.90 Å². The van der Waals surface area contributed by atoms with Crippen LogP contribution in [0.4, 0.5) is 17.1 Å². The smallest absolute Gasteiger partial charge is 0.265 e. The summed E-state index contributed by atoms with van der Waals surface area (Å²) in [7, 11) is 0. The van der Waals surface area contributed by atoms with Crippen LogP contribution >= 0.6 is 34.9 Å². The minimum absolute atomic E-state index is 0.106. The zero-order chi connectivity index (χ0) is 43.2. The van der Waals surface area contributed by atoms with Crippen molar-refractivity contribution in [3.8, 4) is 32.7 Å². The molecule has 1 aliphatic rings. The summed E-state index contributed by atoms with van der Waals surface area (Å²) in [5.74, 6) is -0.671. The van der Waals surface area contributed by atoms with Crippen LogP contribution in [0.25, 0.3) is 48.2 Å². The number of carbonyl (C=O) groups is 2. The number of fused-ring (bicyclic) bond motifs is 1. The average molecular weight is 858 g/mol. The number of thiocarbonyl (C=S) groups is 1. The van der Waals surface area contributed by atoms with Crippen molar-refractivity contribution in [2.45, 2.75) is 66.2 Å². The molecule has 0 N–H and O–H groups in total. The molecule has 1 aliphatic heterocycles. The van der Waals surface area contributed by atoms with Gasteiger partial charge in [-0.15, -0.1) is 22.7 Å². The van der Waals surface area contributed by atoms with E-state index >= 15 is 0 Å². The van der Waals surface area contributed by atoms with Gasteiger partial charge in [0.25, 0.3) is 11.8 Å². The number of anilines is 3. The molecule has 308 valence electrons. The maximum Gasteiger partial charge on any atom is 0.265 e. The third-order valence-corrected chi connectivity index (χ3v) is 14.1. The number of carbonyl (C=O) groups excluding carboxylic acids is 2. The summed E-state index contributed by atoms with van der Waals surface area (Å²) in [6, 6.07) is 48.6. The van der Waals surface area contributed by atoms with E-state index in [-0.39, 0.29) is 33.3 Å². The summed E-state index contributed by atoms with van der Waals surface area (Å²) in [5.41, 5.74) is 12.1. The standard InChI is InChI=1S/C53H51N3O2S3/c1-9-54-49(57)45(50(58)55(10-2)51(54)59)31-44-32-47-48(60-44)33-46(61-47)38-19-29-43(30-20-38)56(41-25-15-36(16-26-41)34-11-21-39(22-12-34)52(3,4)5)42-27-17-37(18-28-42)35-13-23-40(24-14-35)53(6,7)8/h11-33H,9-10H2,1-8H3. The van der Waals surface area contributed by atoms with Crippen LogP contribution in [0.5, 0.6) is 0 Å². The normalized spacial score (nSPS) is 13.7. The van der Waals surface area contributed by atoms with Gasteiger partial charge in [0, 0.05) is 49.3 Å². The topological polar surface area (TPSA) is 43.9 Å². The Morgan fingerprint density at radius 2 is 0.885 bits per heavy atom. The number of nitrogens with zero attached hydrogens (tertiary/aromatic N) is 3. The fourth-order valence-corrected chi connectivity index (χ4v) is 10.5. The number of rotatable bonds is 9. The Morgan fingerprint density at radius 1 is 0.525 bits per heavy atom. The molecule has 8 heteroatoms. The molecule has 5 nitrogen and oxygen atoms in total. The van der Waals surface area contributed by atoms with Gasteiger partial charge in [-0.3, -0.25) is 19.4 Å². The van der Waals surface area contributed by atoms with Gasteiger partial charge >= 0.3 is 0 Å². The molecule has 0 atom stereocenters. The Hall–Kier alpha value is -5.67. The van der Waals surface area contributed by atoms with Gasteiger partial charge in [-0.2, -0.15) is 0 Å². The molecule has 0 aliphatic carbocycles. The van der Waals surface area contributed by atoms with Crippen molar-refractivity contribution in [1.82, 2.24) is 9.80 Å². The van der Waals surface area contributed by atoms with Crippen LogP contribution in [0.2, 0.25) is 0 Å². The second kappa shape index (κ2) is 16.7. The molecule has 8 rings (SSSR count). The van der Waals surface area contributed by atoms with Crippen LogP contribution in [0, 0.1) is 0 Å². The van der Waals surface area contributed by atoms with Gasteiger partial charge in [-0.1, -0.05) is 126 Å². The van der Waals surface area contributed by atoms with E-state index in [0.29, 0.717) is 13.1 Å². The minimum atomic E-state index is -0.336. The molecule has 0 spiro atoms. The highest BCUT2D eigenvalue weighted by atomic mass is 32.1. The molecule has 5 aromatic carbocycles. The van der Waals surface area contributed by atoms with Crippen molar-refractivity contribution in [2.24, 2.45) is 0 Å². The summed E-state index contributed by atoms with van der Waals surface area (Å²) in [6.45, 7) is 18.0. The van der Waals surface area contributed by atoms with E-state index < -0.39 is 0 Å². The third kappa shape index (κ3) is 8.50. The predicted octanol–water partition coefficient (Wildman–Crippen LogP) is 14.4. The molecule has 0 bridgehead atoms. The SMILES string of the molecule is CCN1C(=O)C(=Cc2cc3sc(-c4ccc(N(c5ccc(-c6ccc(C(C)(C)C)cc6)cc5)c5ccc(-c6ccc(C(C)(C)C)cc6)cc5)cc4)cc3s2)C(=O)N(CC)C1=S. The van der Waals surface area contributed by atoms with Crippen molar-refractivity contribution >= 4 is 84.4 Å². The van der Waals surface area contributed by atoms with Crippen molar-refractivity contribution in [3.63, 3.8) is 0 Å². The third-order valence-electron chi connectivity index (χ3n) is 11.4. The quantitative estimate of drug-likeness (QED) is 0.0824. The fraction of sp³-hybridized carbons (Fsp3) is 0.226. The van der Waals surface area contributed by atoms with Crippen LogP contribution in [-0.4, -0.2) is 39.8 Å². The van der Waals surface area contributed by atoms with Crippen LogP contribution in [0.15, 0.2) is 139 Å². The van der Waals surface area contributed by atoms with E-state index in [9.17, 15) is 9.59 Å². The lowest BCUT2D eigenvalue weighted by Crippen LogP contribution is -2.55. The molecule has 61 heavy (non-hydrogen) atoms. The van der Waals surface area contributed by atoms with Gasteiger partial charge in [0.1, 0.15) is 5.57 Å². The second-order valence-corrected chi connectivity index (χ2v) is 20.1. The lowest BCUT2D eigenvalue weighted by molar-refractivity contribution is -0.133. The fourth-order valence-electron chi connectivity index (χ4n) is 7.75. The van der Waals surface area contributed by atoms with Crippen LogP contribution in [-0.2, 0) is 20.4 Å². The summed E-state index contributed by atoms with van der Waals surface area (Å²) in [5, 5.41) is 0.273. The Labute approximate surface area is 373 Å². The van der Waals surface area contributed by atoms with Crippen molar-refractivity contribution in [1.29, 1.82) is 0 Å². The lowest BCUT2D eigenvalue weighted by atomic mass is 9.86. The Bertz CT molecular complexity index is 2600. The number of amides is 2. The predicted molar refractivity (Wildman–Crippen MR) is 263 cm³/mol. The largest absolute Gasteiger partial charge is 0.311 e. The van der Waals surface area contributed by atoms with Gasteiger partial charge in [-0.25, -0.2) is 0 Å². The summed E-state index contributed by atoms with van der Waals surface area (Å²) in [6.07, 6.45) is 1.72. The molecule has 1 saturated heterocycles. The van der Waals surface area contributed by atoms with Gasteiger partial charge in [0.15, 0.2) is 5.11 Å². The molecule has 0 radical (unpaired) electrons. The Kier molecular flexibility index (Phi) is 11.5. The van der Waals surface area contributed by atoms with Gasteiger partial charge in [-0.05, 0) is 130 Å². The highest BCUT2D eigenvalue weighted by Gasteiger charge is 2.38. The highest BCUT2D eigenvalue weighted by molar-refractivity contribution is 7.80. The first-order valence-electron chi connectivity index (χ1n) is 20.9. The highest BCUT2D eigenvalue weighted by Crippen LogP contribution is 2.42. The minimum Gasteiger partial charge on any atom is -0.311 e. The molecule has 7 aromatic rings. The Morgan fingerprint density at radius 3 is 1.25 bits per heavy atom. The van der Waals surface area contributed by atoms with E-state index in [1.54, 1.807) is 28.7 Å². The van der Waals surface area contributed by atoms with E-state index in [1.807, 2.05) is 13.8 Å². The van der Waals surface area contributed by atoms with Gasteiger partial charge in [0.2, 0.25) is 0 Å². The maximum absolute atomic E-state index is 13.2. The molecule has 0 saturated carbocycles. The molecule has 3 heterocycles. The maximum atomic E-state index is 13.2. The van der Waals surface area contributed by atoms with Crippen LogP contribution < -0.4 is 4.90 Å². The summed E-state index contributed by atoms with van der Waals surface area (Å²) >= 11 is 8.74. The lowest BCUT2D eigenvalue weighted by Gasteiger charge is -2.35.